The lowest BCUT2D eigenvalue weighted by Gasteiger charge is -2.09. The molecule has 0 saturated heterocycles. The summed E-state index contributed by atoms with van der Waals surface area (Å²) in [4.78, 5) is 35.3. The molecule has 2 aromatic rings. The first kappa shape index (κ1) is 20.2. The summed E-state index contributed by atoms with van der Waals surface area (Å²) in [5, 5.41) is 11.6. The first-order valence-electron chi connectivity index (χ1n) is 8.85. The molecule has 0 radical (unpaired) electrons. The number of ether oxygens (including phenoxy) is 1. The number of hydrogen-bond donors (Lipinski definition) is 2. The predicted molar refractivity (Wildman–Crippen MR) is 102 cm³/mol. The molecule has 0 heterocycles. The van der Waals surface area contributed by atoms with Crippen LogP contribution in [0.3, 0.4) is 0 Å². The lowest BCUT2D eigenvalue weighted by atomic mass is 10.1. The summed E-state index contributed by atoms with van der Waals surface area (Å²) in [7, 11) is 0. The number of benzene rings is 2. The van der Waals surface area contributed by atoms with Crippen molar-refractivity contribution in [2.24, 2.45) is 0 Å². The van der Waals surface area contributed by atoms with Crippen molar-refractivity contribution in [2.75, 3.05) is 11.9 Å². The Kier molecular flexibility index (Phi) is 7.55. The smallest absolute Gasteiger partial charge is 0.307 e. The van der Waals surface area contributed by atoms with Gasteiger partial charge in [0, 0.05) is 24.1 Å². The highest BCUT2D eigenvalue weighted by atomic mass is 16.5. The number of nitrogens with one attached hydrogen (secondary N) is 1. The maximum Gasteiger partial charge on any atom is 0.307 e. The van der Waals surface area contributed by atoms with E-state index in [1.165, 1.54) is 0 Å². The number of anilines is 1. The van der Waals surface area contributed by atoms with Crippen LogP contribution < -0.4 is 10.1 Å². The van der Waals surface area contributed by atoms with E-state index in [4.69, 9.17) is 9.84 Å². The SMILES string of the molecule is CCCOc1ccc(C(=O)CCC(=O)Nc2ccccc2CC(=O)O)cc1. The third-order valence-corrected chi connectivity index (χ3v) is 3.86. The second-order valence-corrected chi connectivity index (χ2v) is 6.07. The topological polar surface area (TPSA) is 92.7 Å². The summed E-state index contributed by atoms with van der Waals surface area (Å²) >= 11 is 0. The summed E-state index contributed by atoms with van der Waals surface area (Å²) in [6.45, 7) is 2.64. The normalized spacial score (nSPS) is 10.3. The van der Waals surface area contributed by atoms with Gasteiger partial charge in [-0.05, 0) is 42.3 Å². The fourth-order valence-electron chi connectivity index (χ4n) is 2.50. The van der Waals surface area contributed by atoms with Gasteiger partial charge in [-0.15, -0.1) is 0 Å². The molecule has 2 aromatic carbocycles. The summed E-state index contributed by atoms with van der Waals surface area (Å²) in [5.74, 6) is -0.727. The molecule has 2 rings (SSSR count). The molecule has 0 aliphatic heterocycles. The Bertz CT molecular complexity index is 798. The van der Waals surface area contributed by atoms with Crippen LogP contribution in [-0.2, 0) is 16.0 Å². The second-order valence-electron chi connectivity index (χ2n) is 6.07. The number of carboxylic acid groups (broad SMARTS) is 1. The Morgan fingerprint density at radius 1 is 1.00 bits per heavy atom. The zero-order valence-corrected chi connectivity index (χ0v) is 15.2. The Labute approximate surface area is 158 Å². The molecule has 2 N–H and O–H groups in total. The number of hydrogen-bond acceptors (Lipinski definition) is 4. The molecule has 0 saturated carbocycles. The summed E-state index contributed by atoms with van der Waals surface area (Å²) in [6, 6.07) is 13.6. The van der Waals surface area contributed by atoms with Crippen LogP contribution >= 0.6 is 0 Å². The van der Waals surface area contributed by atoms with E-state index in [-0.39, 0.29) is 31.0 Å². The molecule has 6 nitrogen and oxygen atoms in total. The van der Waals surface area contributed by atoms with E-state index in [1.807, 2.05) is 6.92 Å². The van der Waals surface area contributed by atoms with Crippen LogP contribution in [-0.4, -0.2) is 29.4 Å². The molecule has 1 amide bonds. The van der Waals surface area contributed by atoms with Gasteiger partial charge in [0.25, 0.3) is 0 Å². The Balaban J connectivity index is 1.88. The zero-order valence-electron chi connectivity index (χ0n) is 15.2. The van der Waals surface area contributed by atoms with Gasteiger partial charge in [0.15, 0.2) is 5.78 Å². The molecule has 0 bridgehead atoms. The van der Waals surface area contributed by atoms with Crippen molar-refractivity contribution in [3.8, 4) is 5.75 Å². The first-order chi connectivity index (χ1) is 13.0. The number of ketones is 1. The van der Waals surface area contributed by atoms with Gasteiger partial charge in [0.05, 0.1) is 13.0 Å². The van der Waals surface area contributed by atoms with Gasteiger partial charge in [0.1, 0.15) is 5.75 Å². The Morgan fingerprint density at radius 2 is 1.70 bits per heavy atom. The second kappa shape index (κ2) is 10.1. The molecule has 0 aliphatic carbocycles. The van der Waals surface area contributed by atoms with E-state index in [2.05, 4.69) is 5.32 Å². The Morgan fingerprint density at radius 3 is 2.37 bits per heavy atom. The standard InChI is InChI=1S/C21H23NO5/c1-2-13-27-17-9-7-15(8-10-17)19(23)11-12-20(24)22-18-6-4-3-5-16(18)14-21(25)26/h3-10H,2,11-14H2,1H3,(H,22,24)(H,25,26). The zero-order chi connectivity index (χ0) is 19.6. The molecule has 0 aliphatic rings. The van der Waals surface area contributed by atoms with Crippen molar-refractivity contribution in [3.05, 3.63) is 59.7 Å². The average molecular weight is 369 g/mol. The molecule has 6 heteroatoms. The lowest BCUT2D eigenvalue weighted by Crippen LogP contribution is -2.15. The van der Waals surface area contributed by atoms with Crippen molar-refractivity contribution in [1.29, 1.82) is 0 Å². The minimum atomic E-state index is -0.974. The van der Waals surface area contributed by atoms with Crippen molar-refractivity contribution < 1.29 is 24.2 Å². The number of carbonyl (C=O) groups is 3. The van der Waals surface area contributed by atoms with Crippen LogP contribution in [0.4, 0.5) is 5.69 Å². The maximum atomic E-state index is 12.2. The third kappa shape index (κ3) is 6.58. The molecule has 27 heavy (non-hydrogen) atoms. The average Bonchev–Trinajstić information content (AvgIpc) is 2.66. The van der Waals surface area contributed by atoms with E-state index >= 15 is 0 Å². The number of Topliss-reactive ketones (excluding diaryl/α,β-unsaturated/α-hetero) is 1. The van der Waals surface area contributed by atoms with Crippen LogP contribution in [0, 0.1) is 0 Å². The van der Waals surface area contributed by atoms with Crippen LogP contribution in [0.15, 0.2) is 48.5 Å². The summed E-state index contributed by atoms with van der Waals surface area (Å²) < 4.78 is 5.48. The van der Waals surface area contributed by atoms with Crippen molar-refractivity contribution >= 4 is 23.3 Å². The molecule has 142 valence electrons. The molecular weight excluding hydrogens is 346 g/mol. The minimum Gasteiger partial charge on any atom is -0.494 e. The number of para-hydroxylation sites is 1. The van der Waals surface area contributed by atoms with Crippen LogP contribution in [0.5, 0.6) is 5.75 Å². The van der Waals surface area contributed by atoms with Gasteiger partial charge in [-0.1, -0.05) is 25.1 Å². The van der Waals surface area contributed by atoms with Crippen LogP contribution in [0.2, 0.25) is 0 Å². The van der Waals surface area contributed by atoms with E-state index < -0.39 is 5.97 Å². The molecule has 0 fully saturated rings. The van der Waals surface area contributed by atoms with Crippen molar-refractivity contribution in [3.63, 3.8) is 0 Å². The van der Waals surface area contributed by atoms with Crippen molar-refractivity contribution in [2.45, 2.75) is 32.6 Å². The number of carboxylic acids is 1. The molecule has 0 aromatic heterocycles. The fourth-order valence-corrected chi connectivity index (χ4v) is 2.50. The van der Waals surface area contributed by atoms with E-state index in [0.717, 1.165) is 6.42 Å². The van der Waals surface area contributed by atoms with Crippen LogP contribution in [0.25, 0.3) is 0 Å². The Hall–Kier alpha value is -3.15. The molecule has 0 spiro atoms. The quantitative estimate of drug-likeness (QED) is 0.623. The van der Waals surface area contributed by atoms with E-state index in [0.29, 0.717) is 29.2 Å². The van der Waals surface area contributed by atoms with Crippen molar-refractivity contribution in [1.82, 2.24) is 0 Å². The highest BCUT2D eigenvalue weighted by Crippen LogP contribution is 2.17. The van der Waals surface area contributed by atoms with E-state index in [9.17, 15) is 14.4 Å². The highest BCUT2D eigenvalue weighted by molar-refractivity contribution is 6.00. The molecule has 0 atom stereocenters. The van der Waals surface area contributed by atoms with Gasteiger partial charge in [-0.3, -0.25) is 14.4 Å². The fraction of sp³-hybridized carbons (Fsp3) is 0.286. The van der Waals surface area contributed by atoms with Gasteiger partial charge in [-0.2, -0.15) is 0 Å². The highest BCUT2D eigenvalue weighted by Gasteiger charge is 2.12. The molecule has 0 unspecified atom stereocenters. The van der Waals surface area contributed by atoms with Crippen LogP contribution in [0.1, 0.15) is 42.1 Å². The maximum absolute atomic E-state index is 12.2. The van der Waals surface area contributed by atoms with Gasteiger partial charge in [0.2, 0.25) is 5.91 Å². The minimum absolute atomic E-state index is 0.0221. The predicted octanol–water partition coefficient (Wildman–Crippen LogP) is 3.70. The first-order valence-corrected chi connectivity index (χ1v) is 8.85. The third-order valence-electron chi connectivity index (χ3n) is 3.86. The van der Waals surface area contributed by atoms with Gasteiger partial charge >= 0.3 is 5.97 Å². The molecular formula is C21H23NO5. The van der Waals surface area contributed by atoms with Gasteiger partial charge in [-0.25, -0.2) is 0 Å². The summed E-state index contributed by atoms with van der Waals surface area (Å²) in [5.41, 5.74) is 1.50. The number of rotatable bonds is 10. The summed E-state index contributed by atoms with van der Waals surface area (Å²) in [6.07, 6.45) is 0.823. The van der Waals surface area contributed by atoms with Gasteiger partial charge < -0.3 is 15.2 Å². The number of aliphatic carboxylic acids is 1. The monoisotopic (exact) mass is 369 g/mol. The number of amides is 1. The lowest BCUT2D eigenvalue weighted by molar-refractivity contribution is -0.136. The van der Waals surface area contributed by atoms with E-state index in [1.54, 1.807) is 48.5 Å². The largest absolute Gasteiger partial charge is 0.494 e. The number of carbonyl (C=O) groups excluding carboxylic acids is 2.